The number of furan rings is 1. The summed E-state index contributed by atoms with van der Waals surface area (Å²) in [5.74, 6) is -1.81. The highest BCUT2D eigenvalue weighted by atomic mass is 16.3. The Hall–Kier alpha value is -2.68. The van der Waals surface area contributed by atoms with Crippen molar-refractivity contribution >= 4 is 22.1 Å². The molecule has 0 amide bonds. The van der Waals surface area contributed by atoms with E-state index in [1.165, 1.54) is 12.5 Å². The molecule has 0 aliphatic carbocycles. The van der Waals surface area contributed by atoms with Gasteiger partial charge in [0.15, 0.2) is 6.20 Å². The summed E-state index contributed by atoms with van der Waals surface area (Å²) in [6.07, 6.45) is 2.08. The second kappa shape index (κ2) is 5.69. The van der Waals surface area contributed by atoms with Gasteiger partial charge in [-0.25, -0.2) is 9.55 Å². The molecule has 4 aromatic rings. The quantitative estimate of drug-likeness (QED) is 0.471. The van der Waals surface area contributed by atoms with Crippen molar-refractivity contribution < 1.29 is 14.5 Å². The highest BCUT2D eigenvalue weighted by Crippen LogP contribution is 2.33. The zero-order valence-electron chi connectivity index (χ0n) is 18.8. The molecule has 0 bridgehead atoms. The first-order valence-corrected chi connectivity index (χ1v) is 8.30. The monoisotopic (exact) mass is 335 g/mol. The Labute approximate surface area is 153 Å². The molecule has 3 heteroatoms. The normalized spacial score (nSPS) is 17.0. The van der Waals surface area contributed by atoms with Gasteiger partial charge in [0.1, 0.15) is 12.6 Å². The molecule has 1 atom stereocenters. The van der Waals surface area contributed by atoms with E-state index >= 15 is 0 Å². The van der Waals surface area contributed by atoms with Crippen LogP contribution in [0.2, 0.25) is 0 Å². The van der Waals surface area contributed by atoms with Gasteiger partial charge in [-0.15, -0.1) is 0 Å². The summed E-state index contributed by atoms with van der Waals surface area (Å²) in [7, 11) is 2.02. The molecule has 126 valence electrons. The number of nitrogens with zero attached hydrogens (tertiary/aromatic N) is 2. The first kappa shape index (κ1) is 11.8. The van der Waals surface area contributed by atoms with Gasteiger partial charge in [-0.05, 0) is 55.6 Å². The average Bonchev–Trinajstić information content (AvgIpc) is 2.97. The van der Waals surface area contributed by atoms with Gasteiger partial charge in [-0.2, -0.15) is 0 Å². The minimum atomic E-state index is -2.48. The molecule has 25 heavy (non-hydrogen) atoms. The summed E-state index contributed by atoms with van der Waals surface area (Å²) in [6.45, 7) is 2.99. The SMILES string of the molecule is [2H]C([2H])([2H])C([2H])(C)c1ccc2c(n1)oc1cc(-c3ccc(C)c[n+]3C)c(C)cc12. The molecule has 3 heterocycles. The zero-order chi connectivity index (χ0) is 21.1. The first-order chi connectivity index (χ1) is 13.5. The van der Waals surface area contributed by atoms with E-state index < -0.39 is 12.7 Å². The first-order valence-electron chi connectivity index (χ1n) is 10.3. The fourth-order valence-corrected chi connectivity index (χ4v) is 3.32. The van der Waals surface area contributed by atoms with Crippen LogP contribution >= 0.6 is 0 Å². The third-order valence-electron chi connectivity index (χ3n) is 4.63. The molecule has 1 aromatic carbocycles. The standard InChI is InChI=1S/C22H23N2O/c1-13(2)19-8-7-16-18-10-15(4)17(11-21(18)25-22(16)23-19)20-9-6-14(3)12-24(20)5/h6-13H,1-5H3/q+1/i1D3,13D. The lowest BCUT2D eigenvalue weighted by Gasteiger charge is -2.05. The Bertz CT molecular complexity index is 1260. The lowest BCUT2D eigenvalue weighted by atomic mass is 10.0. The molecule has 0 aliphatic heterocycles. The number of benzene rings is 1. The van der Waals surface area contributed by atoms with Crippen LogP contribution in [0.15, 0.2) is 47.0 Å². The Morgan fingerprint density at radius 2 is 2.00 bits per heavy atom. The number of hydrogen-bond acceptors (Lipinski definition) is 2. The molecule has 3 nitrogen and oxygen atoms in total. The van der Waals surface area contributed by atoms with Crippen molar-refractivity contribution in [2.45, 2.75) is 33.5 Å². The van der Waals surface area contributed by atoms with Gasteiger partial charge in [-0.1, -0.05) is 13.8 Å². The minimum Gasteiger partial charge on any atom is -0.438 e. The molecule has 0 aliphatic rings. The van der Waals surface area contributed by atoms with Crippen molar-refractivity contribution in [3.63, 3.8) is 0 Å². The fourth-order valence-electron chi connectivity index (χ4n) is 3.32. The molecule has 3 aromatic heterocycles. The van der Waals surface area contributed by atoms with Crippen LogP contribution in [0.25, 0.3) is 33.3 Å². The maximum atomic E-state index is 8.28. The van der Waals surface area contributed by atoms with Gasteiger partial charge in [0.05, 0.1) is 5.56 Å². The van der Waals surface area contributed by atoms with E-state index in [1.807, 2.05) is 13.1 Å². The van der Waals surface area contributed by atoms with Crippen molar-refractivity contribution in [2.75, 3.05) is 0 Å². The van der Waals surface area contributed by atoms with Gasteiger partial charge >= 0.3 is 0 Å². The van der Waals surface area contributed by atoms with Gasteiger partial charge < -0.3 is 4.42 Å². The van der Waals surface area contributed by atoms with E-state index in [9.17, 15) is 0 Å². The number of aryl methyl sites for hydroxylation is 3. The maximum absolute atomic E-state index is 8.28. The Morgan fingerprint density at radius 3 is 2.76 bits per heavy atom. The Balaban J connectivity index is 1.91. The van der Waals surface area contributed by atoms with E-state index in [1.54, 1.807) is 12.1 Å². The number of aromatic nitrogens is 2. The fraction of sp³-hybridized carbons (Fsp3) is 0.273. The second-order valence-electron chi connectivity index (χ2n) is 6.64. The van der Waals surface area contributed by atoms with E-state index in [4.69, 9.17) is 9.90 Å². The molecular formula is C22H23N2O+. The van der Waals surface area contributed by atoms with E-state index in [0.717, 1.165) is 27.6 Å². The average molecular weight is 335 g/mol. The summed E-state index contributed by atoms with van der Waals surface area (Å²) >= 11 is 0. The van der Waals surface area contributed by atoms with Crippen molar-refractivity contribution in [1.29, 1.82) is 0 Å². The maximum Gasteiger partial charge on any atom is 0.227 e. The highest BCUT2D eigenvalue weighted by Gasteiger charge is 2.17. The highest BCUT2D eigenvalue weighted by molar-refractivity contribution is 6.05. The van der Waals surface area contributed by atoms with Gasteiger partial charge in [0.2, 0.25) is 11.4 Å². The van der Waals surface area contributed by atoms with Gasteiger partial charge in [0.25, 0.3) is 0 Å². The number of hydrogen-bond donors (Lipinski definition) is 0. The zero-order valence-corrected chi connectivity index (χ0v) is 14.8. The van der Waals surface area contributed by atoms with E-state index in [2.05, 4.69) is 47.8 Å². The number of rotatable bonds is 2. The van der Waals surface area contributed by atoms with Crippen LogP contribution in [-0.2, 0) is 7.05 Å². The molecular weight excluding hydrogens is 308 g/mol. The molecule has 0 spiro atoms. The van der Waals surface area contributed by atoms with Crippen LogP contribution in [0.5, 0.6) is 0 Å². The molecule has 4 rings (SSSR count). The summed E-state index contributed by atoms with van der Waals surface area (Å²) < 4.78 is 39.3. The molecule has 0 saturated heterocycles. The molecule has 1 unspecified atom stereocenters. The minimum absolute atomic E-state index is 0.172. The summed E-state index contributed by atoms with van der Waals surface area (Å²) in [6, 6.07) is 11.6. The van der Waals surface area contributed by atoms with Crippen molar-refractivity contribution in [3.05, 3.63) is 59.4 Å². The molecule has 0 radical (unpaired) electrons. The van der Waals surface area contributed by atoms with Crippen molar-refractivity contribution in [1.82, 2.24) is 4.98 Å². The Morgan fingerprint density at radius 1 is 1.16 bits per heavy atom. The predicted octanol–water partition coefficient (Wildman–Crippen LogP) is 5.21. The predicted molar refractivity (Wildman–Crippen MR) is 102 cm³/mol. The number of pyridine rings is 2. The summed E-state index contributed by atoms with van der Waals surface area (Å²) in [5.41, 5.74) is 5.64. The van der Waals surface area contributed by atoms with Gasteiger partial charge in [-0.3, -0.25) is 0 Å². The summed E-state index contributed by atoms with van der Waals surface area (Å²) in [4.78, 5) is 4.39. The van der Waals surface area contributed by atoms with Crippen molar-refractivity contribution in [3.8, 4) is 11.3 Å². The topological polar surface area (TPSA) is 29.9 Å². The van der Waals surface area contributed by atoms with Crippen molar-refractivity contribution in [2.24, 2.45) is 7.05 Å². The molecule has 0 N–H and O–H groups in total. The second-order valence-corrected chi connectivity index (χ2v) is 6.64. The summed E-state index contributed by atoms with van der Waals surface area (Å²) in [5, 5.41) is 1.74. The van der Waals surface area contributed by atoms with Crippen LogP contribution in [0.3, 0.4) is 0 Å². The van der Waals surface area contributed by atoms with E-state index in [0.29, 0.717) is 11.3 Å². The lowest BCUT2D eigenvalue weighted by Crippen LogP contribution is -2.31. The lowest BCUT2D eigenvalue weighted by molar-refractivity contribution is -0.660. The third kappa shape index (κ3) is 2.60. The molecule has 0 fully saturated rings. The van der Waals surface area contributed by atoms with Crippen LogP contribution in [0.1, 0.15) is 42.0 Å². The van der Waals surface area contributed by atoms with Gasteiger partial charge in [0, 0.05) is 33.6 Å². The van der Waals surface area contributed by atoms with Crippen LogP contribution in [0.4, 0.5) is 0 Å². The van der Waals surface area contributed by atoms with E-state index in [-0.39, 0.29) is 5.69 Å². The van der Waals surface area contributed by atoms with Crippen LogP contribution < -0.4 is 4.57 Å². The number of fused-ring (bicyclic) bond motifs is 3. The largest absolute Gasteiger partial charge is 0.438 e. The third-order valence-corrected chi connectivity index (χ3v) is 4.63. The Kier molecular flexibility index (Phi) is 2.69. The molecule has 0 saturated carbocycles. The van der Waals surface area contributed by atoms with Crippen LogP contribution in [-0.4, -0.2) is 4.98 Å². The smallest absolute Gasteiger partial charge is 0.227 e. The van der Waals surface area contributed by atoms with Crippen LogP contribution in [0, 0.1) is 13.8 Å².